The molecule has 0 spiro atoms. The molecular weight excluding hydrogens is 214 g/mol. The van der Waals surface area contributed by atoms with Crippen molar-refractivity contribution in [3.8, 4) is 0 Å². The minimum Gasteiger partial charge on any atom is -0.481 e. The monoisotopic (exact) mass is 225 g/mol. The number of carbonyl (C=O) groups is 1. The van der Waals surface area contributed by atoms with Gasteiger partial charge in [0, 0.05) is 12.1 Å². The molecule has 0 saturated carbocycles. The number of carboxylic acid groups (broad SMARTS) is 1. The molecule has 0 bridgehead atoms. The number of non-ortho nitro benzene ring substituents is 1. The highest BCUT2D eigenvalue weighted by atomic mass is 16.6. The first kappa shape index (κ1) is 12.1. The van der Waals surface area contributed by atoms with Crippen molar-refractivity contribution in [3.05, 3.63) is 39.4 Å². The Morgan fingerprint density at radius 1 is 1.56 bits per heavy atom. The van der Waals surface area contributed by atoms with Crippen molar-refractivity contribution in [2.24, 2.45) is 0 Å². The lowest BCUT2D eigenvalue weighted by Gasteiger charge is -2.10. The van der Waals surface area contributed by atoms with E-state index in [0.717, 1.165) is 0 Å². The van der Waals surface area contributed by atoms with E-state index in [1.54, 1.807) is 6.92 Å². The van der Waals surface area contributed by atoms with Crippen molar-refractivity contribution in [3.63, 3.8) is 0 Å². The van der Waals surface area contributed by atoms with E-state index in [-0.39, 0.29) is 11.3 Å². The van der Waals surface area contributed by atoms with Crippen LogP contribution < -0.4 is 0 Å². The van der Waals surface area contributed by atoms with E-state index >= 15 is 0 Å². The summed E-state index contributed by atoms with van der Waals surface area (Å²) in [6, 6.07) is 3.99. The van der Waals surface area contributed by atoms with Crippen molar-refractivity contribution < 1.29 is 19.9 Å². The van der Waals surface area contributed by atoms with Crippen LogP contribution in [0.3, 0.4) is 0 Å². The Morgan fingerprint density at radius 3 is 2.69 bits per heavy atom. The van der Waals surface area contributed by atoms with Gasteiger partial charge >= 0.3 is 5.97 Å². The molecule has 1 aromatic carbocycles. The molecule has 0 fully saturated rings. The normalized spacial score (nSPS) is 12.1. The summed E-state index contributed by atoms with van der Waals surface area (Å²) in [4.78, 5) is 20.3. The second-order valence-electron chi connectivity index (χ2n) is 3.41. The average Bonchev–Trinajstić information content (AvgIpc) is 2.16. The Hall–Kier alpha value is -1.95. The first-order valence-electron chi connectivity index (χ1n) is 4.56. The maximum atomic E-state index is 10.5. The summed E-state index contributed by atoms with van der Waals surface area (Å²) in [6.07, 6.45) is -1.69. The highest BCUT2D eigenvalue weighted by Crippen LogP contribution is 2.25. The van der Waals surface area contributed by atoms with Crippen molar-refractivity contribution >= 4 is 11.7 Å². The Bertz CT molecular complexity index is 429. The third-order valence-electron chi connectivity index (χ3n) is 2.20. The zero-order valence-electron chi connectivity index (χ0n) is 8.58. The van der Waals surface area contributed by atoms with Gasteiger partial charge in [-0.05, 0) is 18.1 Å². The van der Waals surface area contributed by atoms with Crippen LogP contribution in [0.5, 0.6) is 0 Å². The van der Waals surface area contributed by atoms with Gasteiger partial charge in [-0.15, -0.1) is 0 Å². The highest BCUT2D eigenvalue weighted by molar-refractivity contribution is 5.67. The van der Waals surface area contributed by atoms with Crippen molar-refractivity contribution in [1.82, 2.24) is 0 Å². The van der Waals surface area contributed by atoms with E-state index in [1.807, 2.05) is 0 Å². The molecule has 2 N–H and O–H groups in total. The zero-order chi connectivity index (χ0) is 12.3. The van der Waals surface area contributed by atoms with E-state index in [1.165, 1.54) is 18.2 Å². The molecule has 0 aliphatic rings. The Kier molecular flexibility index (Phi) is 3.57. The Labute approximate surface area is 91.3 Å². The number of aliphatic carboxylic acids is 1. The quantitative estimate of drug-likeness (QED) is 0.596. The predicted octanol–water partition coefficient (Wildman–Crippen LogP) is 1.41. The van der Waals surface area contributed by atoms with E-state index in [9.17, 15) is 20.0 Å². The SMILES string of the molecule is Cc1ccc([N+](=O)[O-])cc1C(O)CC(=O)O. The van der Waals surface area contributed by atoms with Gasteiger partial charge in [0.1, 0.15) is 0 Å². The molecule has 0 amide bonds. The molecule has 1 atom stereocenters. The fraction of sp³-hybridized carbons (Fsp3) is 0.300. The standard InChI is InChI=1S/C10H11NO5/c1-6-2-3-7(11(15)16)4-8(6)9(12)5-10(13)14/h2-4,9,12H,5H2,1H3,(H,13,14). The van der Waals surface area contributed by atoms with Gasteiger partial charge in [-0.3, -0.25) is 14.9 Å². The summed E-state index contributed by atoms with van der Waals surface area (Å²) in [7, 11) is 0. The van der Waals surface area contributed by atoms with Crippen LogP contribution in [0.2, 0.25) is 0 Å². The summed E-state index contributed by atoms with van der Waals surface area (Å²) >= 11 is 0. The first-order chi connectivity index (χ1) is 7.41. The maximum absolute atomic E-state index is 10.5. The van der Waals surface area contributed by atoms with Gasteiger partial charge in [0.15, 0.2) is 0 Å². The summed E-state index contributed by atoms with van der Waals surface area (Å²) in [5.74, 6) is -1.15. The molecule has 86 valence electrons. The van der Waals surface area contributed by atoms with Crippen LogP contribution in [0.25, 0.3) is 0 Å². The van der Waals surface area contributed by atoms with Crippen molar-refractivity contribution in [2.45, 2.75) is 19.4 Å². The number of aliphatic hydroxyl groups is 1. The Morgan fingerprint density at radius 2 is 2.19 bits per heavy atom. The lowest BCUT2D eigenvalue weighted by molar-refractivity contribution is -0.385. The van der Waals surface area contributed by atoms with Gasteiger partial charge in [-0.2, -0.15) is 0 Å². The smallest absolute Gasteiger partial charge is 0.306 e. The predicted molar refractivity (Wildman–Crippen MR) is 55.0 cm³/mol. The molecule has 0 heterocycles. The number of nitro benzene ring substituents is 1. The van der Waals surface area contributed by atoms with Crippen LogP contribution in [0, 0.1) is 17.0 Å². The molecule has 6 nitrogen and oxygen atoms in total. The van der Waals surface area contributed by atoms with Crippen LogP contribution in [0.15, 0.2) is 18.2 Å². The van der Waals surface area contributed by atoms with Gasteiger partial charge < -0.3 is 10.2 Å². The zero-order valence-corrected chi connectivity index (χ0v) is 8.58. The minimum absolute atomic E-state index is 0.162. The lowest BCUT2D eigenvalue weighted by atomic mass is 10.0. The van der Waals surface area contributed by atoms with Gasteiger partial charge in [0.25, 0.3) is 5.69 Å². The number of aryl methyl sites for hydroxylation is 1. The molecule has 1 rings (SSSR count). The molecule has 1 aromatic rings. The van der Waals surface area contributed by atoms with Crippen LogP contribution in [0.4, 0.5) is 5.69 Å². The Balaban J connectivity index is 3.06. The molecule has 0 aliphatic carbocycles. The molecule has 0 aliphatic heterocycles. The van der Waals surface area contributed by atoms with Crippen LogP contribution >= 0.6 is 0 Å². The molecule has 1 unspecified atom stereocenters. The number of benzene rings is 1. The van der Waals surface area contributed by atoms with Gasteiger partial charge in [-0.1, -0.05) is 6.07 Å². The highest BCUT2D eigenvalue weighted by Gasteiger charge is 2.17. The lowest BCUT2D eigenvalue weighted by Crippen LogP contribution is -2.07. The third kappa shape index (κ3) is 2.77. The number of aliphatic hydroxyl groups excluding tert-OH is 1. The van der Waals surface area contributed by atoms with Gasteiger partial charge in [0.2, 0.25) is 0 Å². The topological polar surface area (TPSA) is 101 Å². The van der Waals surface area contributed by atoms with Crippen LogP contribution in [0.1, 0.15) is 23.7 Å². The molecule has 6 heteroatoms. The largest absolute Gasteiger partial charge is 0.481 e. The average molecular weight is 225 g/mol. The number of nitro groups is 1. The van der Waals surface area contributed by atoms with Gasteiger partial charge in [-0.25, -0.2) is 0 Å². The maximum Gasteiger partial charge on any atom is 0.306 e. The number of carboxylic acids is 1. The van der Waals surface area contributed by atoms with Crippen LogP contribution in [-0.2, 0) is 4.79 Å². The van der Waals surface area contributed by atoms with Gasteiger partial charge in [0.05, 0.1) is 17.4 Å². The number of rotatable bonds is 4. The molecule has 16 heavy (non-hydrogen) atoms. The summed E-state index contributed by atoms with van der Waals surface area (Å²) in [6.45, 7) is 1.66. The number of hydrogen-bond donors (Lipinski definition) is 2. The fourth-order valence-electron chi connectivity index (χ4n) is 1.38. The fourth-order valence-corrected chi connectivity index (χ4v) is 1.38. The molecular formula is C10H11NO5. The van der Waals surface area contributed by atoms with E-state index < -0.39 is 23.4 Å². The number of hydrogen-bond acceptors (Lipinski definition) is 4. The number of nitrogens with zero attached hydrogens (tertiary/aromatic N) is 1. The van der Waals surface area contributed by atoms with E-state index in [4.69, 9.17) is 5.11 Å². The summed E-state index contributed by atoms with van der Waals surface area (Å²) < 4.78 is 0. The molecule has 0 radical (unpaired) electrons. The van der Waals surface area contributed by atoms with E-state index in [0.29, 0.717) is 5.56 Å². The molecule has 0 saturated heterocycles. The van der Waals surface area contributed by atoms with Crippen molar-refractivity contribution in [1.29, 1.82) is 0 Å². The summed E-state index contributed by atoms with van der Waals surface area (Å²) in [5, 5.41) is 28.6. The van der Waals surface area contributed by atoms with Crippen LogP contribution in [-0.4, -0.2) is 21.1 Å². The van der Waals surface area contributed by atoms with Crippen molar-refractivity contribution in [2.75, 3.05) is 0 Å². The molecule has 0 aromatic heterocycles. The third-order valence-corrected chi connectivity index (χ3v) is 2.20. The minimum atomic E-state index is -1.22. The first-order valence-corrected chi connectivity index (χ1v) is 4.56. The second-order valence-corrected chi connectivity index (χ2v) is 3.41. The second kappa shape index (κ2) is 4.71. The van der Waals surface area contributed by atoms with E-state index in [2.05, 4.69) is 0 Å². The summed E-state index contributed by atoms with van der Waals surface area (Å²) in [5.41, 5.74) is 0.737.